The van der Waals surface area contributed by atoms with Gasteiger partial charge in [0, 0.05) is 12.6 Å². The van der Waals surface area contributed by atoms with Crippen molar-refractivity contribution in [3.63, 3.8) is 0 Å². The maximum atomic E-state index is 12.7. The van der Waals surface area contributed by atoms with Gasteiger partial charge in [-0.3, -0.25) is 14.5 Å². The molecule has 2 saturated heterocycles. The van der Waals surface area contributed by atoms with Crippen molar-refractivity contribution in [3.05, 3.63) is 41.2 Å². The summed E-state index contributed by atoms with van der Waals surface area (Å²) in [6, 6.07) is 3.21. The number of amides is 2. The van der Waals surface area contributed by atoms with Crippen LogP contribution in [0.25, 0.3) is 6.08 Å². The fraction of sp³-hybridized carbons (Fsp3) is 0.389. The third-order valence-corrected chi connectivity index (χ3v) is 7.67. The Balaban J connectivity index is 1.65. The Morgan fingerprint density at radius 1 is 1.50 bits per heavy atom. The summed E-state index contributed by atoms with van der Waals surface area (Å²) < 4.78 is 28.9. The molecule has 0 saturated carbocycles. The number of hydrogen-bond donors (Lipinski definition) is 0. The van der Waals surface area contributed by atoms with Crippen molar-refractivity contribution in [2.24, 2.45) is 0 Å². The molecule has 150 valence electrons. The predicted molar refractivity (Wildman–Crippen MR) is 112 cm³/mol. The van der Waals surface area contributed by atoms with Gasteiger partial charge in [-0.1, -0.05) is 30.1 Å². The molecule has 2 fully saturated rings. The number of allylic oxidation sites excluding steroid dienone is 2. The van der Waals surface area contributed by atoms with E-state index in [0.29, 0.717) is 28.0 Å². The van der Waals surface area contributed by atoms with Crippen molar-refractivity contribution in [3.8, 4) is 0 Å². The van der Waals surface area contributed by atoms with E-state index in [2.05, 4.69) is 0 Å². The predicted octanol–water partition coefficient (Wildman–Crippen LogP) is 2.07. The highest BCUT2D eigenvalue weighted by atomic mass is 32.2. The molecule has 1 unspecified atom stereocenters. The summed E-state index contributed by atoms with van der Waals surface area (Å²) in [4.78, 5) is 28.5. The first kappa shape index (κ1) is 20.8. The molecule has 0 radical (unpaired) electrons. The van der Waals surface area contributed by atoms with Crippen LogP contribution in [0.1, 0.15) is 19.1 Å². The van der Waals surface area contributed by atoms with Gasteiger partial charge in [-0.05, 0) is 37.6 Å². The Hall–Kier alpha value is -1.91. The third-order valence-electron chi connectivity index (χ3n) is 4.53. The molecular formula is C18H20N2O5S3. The molecular weight excluding hydrogens is 420 g/mol. The maximum absolute atomic E-state index is 12.7. The summed E-state index contributed by atoms with van der Waals surface area (Å²) in [6.07, 6.45) is 7.02. The van der Waals surface area contributed by atoms with E-state index in [-0.39, 0.29) is 35.9 Å². The molecule has 0 spiro atoms. The number of likely N-dealkylation sites (N-methyl/N-ethyl adjacent to an activating group) is 1. The summed E-state index contributed by atoms with van der Waals surface area (Å²) in [7, 11) is -3.10. The second-order valence-electron chi connectivity index (χ2n) is 6.40. The van der Waals surface area contributed by atoms with Crippen molar-refractivity contribution in [2.45, 2.75) is 19.4 Å². The number of nitrogens with zero attached hydrogens (tertiary/aromatic N) is 2. The van der Waals surface area contributed by atoms with Crippen LogP contribution in [0.4, 0.5) is 0 Å². The Bertz CT molecular complexity index is 934. The van der Waals surface area contributed by atoms with Crippen LogP contribution >= 0.6 is 24.0 Å². The van der Waals surface area contributed by atoms with Crippen molar-refractivity contribution < 1.29 is 22.4 Å². The largest absolute Gasteiger partial charge is 0.465 e. The van der Waals surface area contributed by atoms with Gasteiger partial charge in [-0.25, -0.2) is 8.42 Å². The number of sulfone groups is 1. The van der Waals surface area contributed by atoms with E-state index in [4.69, 9.17) is 16.6 Å². The van der Waals surface area contributed by atoms with Gasteiger partial charge in [0.25, 0.3) is 5.91 Å². The fourth-order valence-corrected chi connectivity index (χ4v) is 6.09. The molecule has 0 N–H and O–H groups in total. The molecule has 3 rings (SSSR count). The lowest BCUT2D eigenvalue weighted by Crippen LogP contribution is -2.47. The van der Waals surface area contributed by atoms with Crippen LogP contribution in [0, 0.1) is 0 Å². The molecule has 1 aromatic rings. The lowest BCUT2D eigenvalue weighted by atomic mass is 10.2. The van der Waals surface area contributed by atoms with Crippen molar-refractivity contribution in [2.75, 3.05) is 24.6 Å². The number of carbonyl (C=O) groups excluding carboxylic acids is 2. The third kappa shape index (κ3) is 4.73. The normalized spacial score (nSPS) is 23.2. The van der Waals surface area contributed by atoms with E-state index in [1.54, 1.807) is 43.5 Å². The summed E-state index contributed by atoms with van der Waals surface area (Å²) >= 11 is 6.39. The number of furan rings is 1. The van der Waals surface area contributed by atoms with Crippen LogP contribution in [-0.4, -0.2) is 65.0 Å². The van der Waals surface area contributed by atoms with E-state index >= 15 is 0 Å². The molecule has 2 aliphatic heterocycles. The summed E-state index contributed by atoms with van der Waals surface area (Å²) in [5, 5.41) is 0. The monoisotopic (exact) mass is 440 g/mol. The van der Waals surface area contributed by atoms with Crippen LogP contribution in [0.15, 0.2) is 39.9 Å². The maximum Gasteiger partial charge on any atom is 0.266 e. The van der Waals surface area contributed by atoms with Gasteiger partial charge in [-0.2, -0.15) is 0 Å². The van der Waals surface area contributed by atoms with Crippen molar-refractivity contribution in [1.82, 2.24) is 9.80 Å². The molecule has 1 aromatic heterocycles. The fourth-order valence-electron chi connectivity index (χ4n) is 3.15. The van der Waals surface area contributed by atoms with Gasteiger partial charge < -0.3 is 9.32 Å². The van der Waals surface area contributed by atoms with Crippen LogP contribution < -0.4 is 0 Å². The van der Waals surface area contributed by atoms with E-state index in [1.807, 2.05) is 0 Å². The van der Waals surface area contributed by atoms with Gasteiger partial charge >= 0.3 is 0 Å². The summed E-state index contributed by atoms with van der Waals surface area (Å²) in [6.45, 7) is 2.00. The minimum atomic E-state index is -3.10. The number of thioether (sulfide) groups is 1. The van der Waals surface area contributed by atoms with Crippen LogP contribution in [0.5, 0.6) is 0 Å². The topological polar surface area (TPSA) is 87.9 Å². The number of thiocarbonyl (C=S) groups is 1. The average molecular weight is 441 g/mol. The van der Waals surface area contributed by atoms with Gasteiger partial charge in [0.15, 0.2) is 9.84 Å². The first-order valence-electron chi connectivity index (χ1n) is 8.76. The highest BCUT2D eigenvalue weighted by molar-refractivity contribution is 8.26. The Kier molecular flexibility index (Phi) is 6.41. The first-order valence-corrected chi connectivity index (χ1v) is 11.8. The number of rotatable bonds is 6. The molecule has 10 heteroatoms. The quantitative estimate of drug-likeness (QED) is 0.494. The molecule has 0 aliphatic carbocycles. The Labute approximate surface area is 173 Å². The van der Waals surface area contributed by atoms with Crippen LogP contribution in [0.2, 0.25) is 0 Å². The zero-order valence-electron chi connectivity index (χ0n) is 15.2. The minimum Gasteiger partial charge on any atom is -0.465 e. The molecule has 28 heavy (non-hydrogen) atoms. The molecule has 2 amide bonds. The van der Waals surface area contributed by atoms with E-state index in [0.717, 1.165) is 11.8 Å². The first-order chi connectivity index (χ1) is 13.3. The van der Waals surface area contributed by atoms with Crippen LogP contribution in [0.3, 0.4) is 0 Å². The Morgan fingerprint density at radius 2 is 2.29 bits per heavy atom. The lowest BCUT2D eigenvalue weighted by Gasteiger charge is -2.28. The van der Waals surface area contributed by atoms with Crippen molar-refractivity contribution >= 4 is 56.0 Å². The molecule has 2 aliphatic rings. The Morgan fingerprint density at radius 3 is 2.89 bits per heavy atom. The summed E-state index contributed by atoms with van der Waals surface area (Å²) in [5.74, 6) is 0.0956. The molecule has 0 bridgehead atoms. The van der Waals surface area contributed by atoms with Crippen molar-refractivity contribution in [1.29, 1.82) is 0 Å². The SMILES string of the molecule is CCN(C(=O)CN1C(=O)C(=CC=Cc2ccco2)SC1=S)C1CCS(=O)(=O)C1. The summed E-state index contributed by atoms with van der Waals surface area (Å²) in [5.41, 5.74) is 0. The molecule has 3 heterocycles. The zero-order valence-corrected chi connectivity index (χ0v) is 17.7. The second kappa shape index (κ2) is 8.62. The van der Waals surface area contributed by atoms with Gasteiger partial charge in [-0.15, -0.1) is 0 Å². The minimum absolute atomic E-state index is 0.0253. The van der Waals surface area contributed by atoms with E-state index < -0.39 is 9.84 Å². The highest BCUT2D eigenvalue weighted by Gasteiger charge is 2.37. The molecule has 1 atom stereocenters. The second-order valence-corrected chi connectivity index (χ2v) is 10.3. The molecule has 7 nitrogen and oxygen atoms in total. The number of hydrogen-bond acceptors (Lipinski definition) is 7. The highest BCUT2D eigenvalue weighted by Crippen LogP contribution is 2.31. The van der Waals surface area contributed by atoms with Crippen LogP contribution in [-0.2, 0) is 19.4 Å². The number of carbonyl (C=O) groups is 2. The van der Waals surface area contributed by atoms with E-state index in [1.165, 1.54) is 9.80 Å². The van der Waals surface area contributed by atoms with Gasteiger partial charge in [0.05, 0.1) is 22.7 Å². The van der Waals surface area contributed by atoms with Gasteiger partial charge in [0.1, 0.15) is 16.6 Å². The van der Waals surface area contributed by atoms with Gasteiger partial charge in [0.2, 0.25) is 5.91 Å². The average Bonchev–Trinajstić information content (AvgIpc) is 3.33. The smallest absolute Gasteiger partial charge is 0.266 e. The van der Waals surface area contributed by atoms with E-state index in [9.17, 15) is 18.0 Å². The standard InChI is InChI=1S/C18H20N2O5S3/c1-2-19(13-8-10-28(23,24)12-13)16(21)11-20-17(22)15(27-18(20)26)7-3-5-14-6-4-9-25-14/h3-7,9,13H,2,8,10-12H2,1H3. The zero-order chi connectivity index (χ0) is 20.3. The molecule has 0 aromatic carbocycles. The lowest BCUT2D eigenvalue weighted by molar-refractivity contribution is -0.136.